The molecule has 2 saturated heterocycles. The van der Waals surface area contributed by atoms with Crippen molar-refractivity contribution in [3.63, 3.8) is 0 Å². The molecule has 3 heterocycles. The maximum atomic E-state index is 5.97. The number of piperidine rings is 1. The van der Waals surface area contributed by atoms with Crippen LogP contribution in [0.5, 0.6) is 0 Å². The number of anilines is 1. The Kier molecular flexibility index (Phi) is 3.03. The summed E-state index contributed by atoms with van der Waals surface area (Å²) < 4.78 is 2.02. The second-order valence-corrected chi connectivity index (χ2v) is 5.91. The molecule has 3 rings (SSSR count). The van der Waals surface area contributed by atoms with Crippen LogP contribution in [0.25, 0.3) is 0 Å². The number of rotatable bonds is 2. The summed E-state index contributed by atoms with van der Waals surface area (Å²) in [5.74, 6) is 1.62. The van der Waals surface area contributed by atoms with E-state index in [1.54, 1.807) is 6.20 Å². The van der Waals surface area contributed by atoms with Crippen LogP contribution in [0, 0.1) is 5.92 Å². The molecule has 1 aromatic rings. The third kappa shape index (κ3) is 2.01. The van der Waals surface area contributed by atoms with Gasteiger partial charge >= 0.3 is 0 Å². The highest BCUT2D eigenvalue weighted by Crippen LogP contribution is 2.33. The van der Waals surface area contributed by atoms with E-state index in [2.05, 4.69) is 29.0 Å². The summed E-state index contributed by atoms with van der Waals surface area (Å²) >= 11 is 0. The summed E-state index contributed by atoms with van der Waals surface area (Å²) in [7, 11) is 4.45. The van der Waals surface area contributed by atoms with Crippen LogP contribution in [-0.2, 0) is 0 Å². The van der Waals surface area contributed by atoms with Crippen LogP contribution in [0.15, 0.2) is 12.3 Å². The first-order valence-electron chi connectivity index (χ1n) is 6.83. The first-order valence-corrected chi connectivity index (χ1v) is 6.83. The molecular formula is C13H23N5. The average Bonchev–Trinajstić information content (AvgIpc) is 2.73. The Morgan fingerprint density at radius 2 is 2.11 bits per heavy atom. The number of aromatic nitrogens is 2. The molecule has 2 aliphatic rings. The molecule has 2 atom stereocenters. The molecule has 2 unspecified atom stereocenters. The van der Waals surface area contributed by atoms with E-state index in [1.165, 1.54) is 19.5 Å². The molecule has 0 saturated carbocycles. The van der Waals surface area contributed by atoms with Crippen LogP contribution >= 0.6 is 0 Å². The SMILES string of the molecule is CN1CC(C2CC(n3nccc3N)CCN2C)C1. The Bertz CT molecular complexity index is 409. The van der Waals surface area contributed by atoms with Crippen LogP contribution in [0.1, 0.15) is 18.9 Å². The third-order valence-electron chi connectivity index (χ3n) is 4.58. The van der Waals surface area contributed by atoms with Gasteiger partial charge in [-0.3, -0.25) is 0 Å². The number of hydrogen-bond acceptors (Lipinski definition) is 4. The van der Waals surface area contributed by atoms with E-state index in [1.807, 2.05) is 10.7 Å². The minimum atomic E-state index is 0.479. The van der Waals surface area contributed by atoms with Gasteiger partial charge in [-0.2, -0.15) is 5.10 Å². The Labute approximate surface area is 109 Å². The molecule has 2 aliphatic heterocycles. The molecule has 5 nitrogen and oxygen atoms in total. The van der Waals surface area contributed by atoms with Crippen molar-refractivity contribution >= 4 is 5.82 Å². The van der Waals surface area contributed by atoms with Crippen LogP contribution in [-0.4, -0.2) is 59.4 Å². The van der Waals surface area contributed by atoms with Crippen molar-refractivity contribution in [1.82, 2.24) is 19.6 Å². The fraction of sp³-hybridized carbons (Fsp3) is 0.769. The smallest absolute Gasteiger partial charge is 0.121 e. The molecule has 5 heteroatoms. The first-order chi connectivity index (χ1) is 8.65. The zero-order valence-electron chi connectivity index (χ0n) is 11.3. The highest BCUT2D eigenvalue weighted by atomic mass is 15.3. The van der Waals surface area contributed by atoms with E-state index in [4.69, 9.17) is 5.73 Å². The number of likely N-dealkylation sites (tertiary alicyclic amines) is 2. The number of nitrogen functional groups attached to an aromatic ring is 1. The largest absolute Gasteiger partial charge is 0.384 e. The first kappa shape index (κ1) is 12.0. The van der Waals surface area contributed by atoms with E-state index in [0.717, 1.165) is 24.7 Å². The highest BCUT2D eigenvalue weighted by Gasteiger charge is 2.38. The van der Waals surface area contributed by atoms with Gasteiger partial charge in [0, 0.05) is 25.7 Å². The van der Waals surface area contributed by atoms with Crippen molar-refractivity contribution in [1.29, 1.82) is 0 Å². The lowest BCUT2D eigenvalue weighted by Crippen LogP contribution is -2.56. The van der Waals surface area contributed by atoms with E-state index < -0.39 is 0 Å². The van der Waals surface area contributed by atoms with Gasteiger partial charge in [-0.25, -0.2) is 4.68 Å². The van der Waals surface area contributed by atoms with E-state index in [0.29, 0.717) is 12.1 Å². The fourth-order valence-electron chi connectivity index (χ4n) is 3.49. The van der Waals surface area contributed by atoms with Gasteiger partial charge in [0.25, 0.3) is 0 Å². The second kappa shape index (κ2) is 4.55. The number of hydrogen-bond donors (Lipinski definition) is 1. The normalized spacial score (nSPS) is 31.4. The zero-order valence-corrected chi connectivity index (χ0v) is 11.3. The molecule has 100 valence electrons. The molecule has 0 spiro atoms. The summed E-state index contributed by atoms with van der Waals surface area (Å²) in [5.41, 5.74) is 5.97. The van der Waals surface area contributed by atoms with Gasteiger partial charge in [-0.15, -0.1) is 0 Å². The standard InChI is InChI=1S/C13H23N5/c1-16-8-10(9-16)12-7-11(4-6-17(12)2)18-13(14)3-5-15-18/h3,5,10-12H,4,6-9,14H2,1-2H3. The molecule has 0 aliphatic carbocycles. The minimum Gasteiger partial charge on any atom is -0.384 e. The summed E-state index contributed by atoms with van der Waals surface area (Å²) in [6.07, 6.45) is 4.14. The molecule has 0 bridgehead atoms. The molecule has 0 radical (unpaired) electrons. The van der Waals surface area contributed by atoms with Crippen molar-refractivity contribution in [2.24, 2.45) is 5.92 Å². The maximum Gasteiger partial charge on any atom is 0.121 e. The Morgan fingerprint density at radius 3 is 2.72 bits per heavy atom. The van der Waals surface area contributed by atoms with Gasteiger partial charge in [-0.1, -0.05) is 0 Å². The molecule has 1 aromatic heterocycles. The minimum absolute atomic E-state index is 0.479. The van der Waals surface area contributed by atoms with Crippen LogP contribution in [0.3, 0.4) is 0 Å². The van der Waals surface area contributed by atoms with Gasteiger partial charge in [0.05, 0.1) is 12.2 Å². The van der Waals surface area contributed by atoms with E-state index in [9.17, 15) is 0 Å². The molecule has 18 heavy (non-hydrogen) atoms. The van der Waals surface area contributed by atoms with E-state index in [-0.39, 0.29) is 0 Å². The third-order valence-corrected chi connectivity index (χ3v) is 4.58. The summed E-state index contributed by atoms with van der Waals surface area (Å²) in [5, 5.41) is 4.38. The van der Waals surface area contributed by atoms with Crippen LogP contribution < -0.4 is 5.73 Å². The molecule has 2 N–H and O–H groups in total. The predicted octanol–water partition coefficient (Wildman–Crippen LogP) is 0.662. The summed E-state index contributed by atoms with van der Waals surface area (Å²) in [6, 6.07) is 3.06. The number of nitrogens with zero attached hydrogens (tertiary/aromatic N) is 4. The lowest BCUT2D eigenvalue weighted by Gasteiger charge is -2.48. The van der Waals surface area contributed by atoms with Crippen molar-refractivity contribution in [2.45, 2.75) is 24.9 Å². The Balaban J connectivity index is 1.70. The number of nitrogens with two attached hydrogens (primary N) is 1. The predicted molar refractivity (Wildman–Crippen MR) is 72.3 cm³/mol. The van der Waals surface area contributed by atoms with Crippen molar-refractivity contribution in [3.8, 4) is 0 Å². The van der Waals surface area contributed by atoms with Gasteiger partial charge in [-0.05, 0) is 38.9 Å². The Morgan fingerprint density at radius 1 is 1.33 bits per heavy atom. The lowest BCUT2D eigenvalue weighted by atomic mass is 9.83. The summed E-state index contributed by atoms with van der Waals surface area (Å²) in [4.78, 5) is 4.91. The fourth-order valence-corrected chi connectivity index (χ4v) is 3.49. The molecular weight excluding hydrogens is 226 g/mol. The van der Waals surface area contributed by atoms with Crippen LogP contribution in [0.4, 0.5) is 5.82 Å². The van der Waals surface area contributed by atoms with Gasteiger partial charge in [0.2, 0.25) is 0 Å². The molecule has 0 amide bonds. The van der Waals surface area contributed by atoms with Gasteiger partial charge < -0.3 is 15.5 Å². The average molecular weight is 249 g/mol. The zero-order chi connectivity index (χ0) is 12.7. The molecule has 0 aromatic carbocycles. The lowest BCUT2D eigenvalue weighted by molar-refractivity contribution is 0.0154. The topological polar surface area (TPSA) is 50.3 Å². The van der Waals surface area contributed by atoms with Gasteiger partial charge in [0.15, 0.2) is 0 Å². The van der Waals surface area contributed by atoms with Crippen molar-refractivity contribution < 1.29 is 0 Å². The Hall–Kier alpha value is -1.07. The van der Waals surface area contributed by atoms with E-state index >= 15 is 0 Å². The quantitative estimate of drug-likeness (QED) is 0.836. The monoisotopic (exact) mass is 249 g/mol. The highest BCUT2D eigenvalue weighted by molar-refractivity contribution is 5.26. The van der Waals surface area contributed by atoms with Crippen molar-refractivity contribution in [3.05, 3.63) is 12.3 Å². The molecule has 2 fully saturated rings. The second-order valence-electron chi connectivity index (χ2n) is 5.91. The van der Waals surface area contributed by atoms with Crippen molar-refractivity contribution in [2.75, 3.05) is 39.5 Å². The maximum absolute atomic E-state index is 5.97. The van der Waals surface area contributed by atoms with Crippen LogP contribution in [0.2, 0.25) is 0 Å². The van der Waals surface area contributed by atoms with Gasteiger partial charge in [0.1, 0.15) is 5.82 Å². The summed E-state index contributed by atoms with van der Waals surface area (Å²) in [6.45, 7) is 3.61.